The predicted octanol–water partition coefficient (Wildman–Crippen LogP) is 3.83. The van der Waals surface area contributed by atoms with Crippen molar-refractivity contribution in [2.45, 2.75) is 65.4 Å². The molecule has 1 aromatic heterocycles. The van der Waals surface area contributed by atoms with Crippen LogP contribution in [0.5, 0.6) is 5.75 Å². The van der Waals surface area contributed by atoms with Gasteiger partial charge in [0.2, 0.25) is 0 Å². The number of ether oxygens (including phenoxy) is 1. The molecule has 1 aliphatic rings. The maximum atomic E-state index is 11.2. The van der Waals surface area contributed by atoms with E-state index in [2.05, 4.69) is 18.8 Å². The van der Waals surface area contributed by atoms with E-state index < -0.39 is 5.60 Å². The number of hydrogen-bond acceptors (Lipinski definition) is 3. The molecular weight excluding hydrogens is 262 g/mol. The highest BCUT2D eigenvalue weighted by Gasteiger charge is 2.41. The number of aliphatic hydroxyl groups is 1. The fourth-order valence-electron chi connectivity index (χ4n) is 3.96. The summed E-state index contributed by atoms with van der Waals surface area (Å²) in [5, 5.41) is 11.2. The first-order chi connectivity index (χ1) is 9.89. The second-order valence-electron chi connectivity index (χ2n) is 6.92. The van der Waals surface area contributed by atoms with Gasteiger partial charge in [0.1, 0.15) is 5.75 Å². The lowest BCUT2D eigenvalue weighted by Crippen LogP contribution is -2.45. The van der Waals surface area contributed by atoms with Crippen molar-refractivity contribution >= 4 is 0 Å². The van der Waals surface area contributed by atoms with E-state index in [1.165, 1.54) is 6.42 Å². The lowest BCUT2D eigenvalue weighted by atomic mass is 9.68. The van der Waals surface area contributed by atoms with Gasteiger partial charge in [0.25, 0.3) is 0 Å². The summed E-state index contributed by atoms with van der Waals surface area (Å²) in [7, 11) is 1.70. The van der Waals surface area contributed by atoms with Gasteiger partial charge in [-0.2, -0.15) is 0 Å². The average Bonchev–Trinajstić information content (AvgIpc) is 2.43. The molecule has 3 heteroatoms. The van der Waals surface area contributed by atoms with Crippen molar-refractivity contribution in [1.82, 2.24) is 4.98 Å². The quantitative estimate of drug-likeness (QED) is 0.917. The fourth-order valence-corrected chi connectivity index (χ4v) is 3.96. The zero-order chi connectivity index (χ0) is 15.6. The normalized spacial score (nSPS) is 26.1. The van der Waals surface area contributed by atoms with Crippen molar-refractivity contribution in [1.29, 1.82) is 0 Å². The van der Waals surface area contributed by atoms with Crippen molar-refractivity contribution in [3.8, 4) is 5.75 Å². The summed E-state index contributed by atoms with van der Waals surface area (Å²) in [6.07, 6.45) is 6.84. The van der Waals surface area contributed by atoms with Gasteiger partial charge in [-0.25, -0.2) is 0 Å². The zero-order valence-electron chi connectivity index (χ0n) is 14.1. The topological polar surface area (TPSA) is 42.4 Å². The van der Waals surface area contributed by atoms with Gasteiger partial charge in [-0.15, -0.1) is 0 Å². The molecule has 0 aliphatic heterocycles. The SMILES string of the molecule is COc1c(C)cnc(CC2(O)CCCCC2C(C)C)c1C. The smallest absolute Gasteiger partial charge is 0.128 e. The van der Waals surface area contributed by atoms with Crippen molar-refractivity contribution in [2.24, 2.45) is 11.8 Å². The number of methoxy groups -OCH3 is 1. The third-order valence-electron chi connectivity index (χ3n) is 5.09. The summed E-state index contributed by atoms with van der Waals surface area (Å²) in [5.41, 5.74) is 2.48. The zero-order valence-corrected chi connectivity index (χ0v) is 14.1. The molecule has 1 saturated carbocycles. The molecule has 1 fully saturated rings. The molecule has 0 aromatic carbocycles. The molecular formula is C18H29NO2. The first kappa shape index (κ1) is 16.3. The summed E-state index contributed by atoms with van der Waals surface area (Å²) < 4.78 is 5.49. The average molecular weight is 291 g/mol. The molecule has 0 spiro atoms. The Hall–Kier alpha value is -1.09. The Labute approximate surface area is 128 Å². The van der Waals surface area contributed by atoms with E-state index in [-0.39, 0.29) is 0 Å². The van der Waals surface area contributed by atoms with E-state index in [0.29, 0.717) is 18.3 Å². The lowest BCUT2D eigenvalue weighted by molar-refractivity contribution is -0.0660. The molecule has 2 atom stereocenters. The van der Waals surface area contributed by atoms with E-state index >= 15 is 0 Å². The van der Waals surface area contributed by atoms with Gasteiger partial charge >= 0.3 is 0 Å². The third-order valence-corrected chi connectivity index (χ3v) is 5.09. The maximum Gasteiger partial charge on any atom is 0.128 e. The maximum absolute atomic E-state index is 11.2. The summed E-state index contributed by atoms with van der Waals surface area (Å²) in [5.74, 6) is 1.77. The number of aryl methyl sites for hydroxylation is 1. The highest BCUT2D eigenvalue weighted by molar-refractivity contribution is 5.41. The first-order valence-electron chi connectivity index (χ1n) is 8.10. The van der Waals surface area contributed by atoms with Gasteiger partial charge in [-0.05, 0) is 38.5 Å². The second kappa shape index (κ2) is 6.35. The van der Waals surface area contributed by atoms with Crippen LogP contribution in [-0.4, -0.2) is 22.8 Å². The van der Waals surface area contributed by atoms with E-state index in [9.17, 15) is 5.11 Å². The molecule has 0 saturated heterocycles. The first-order valence-corrected chi connectivity index (χ1v) is 8.10. The van der Waals surface area contributed by atoms with Gasteiger partial charge in [-0.1, -0.05) is 26.7 Å². The molecule has 21 heavy (non-hydrogen) atoms. The van der Waals surface area contributed by atoms with Gasteiger partial charge in [0, 0.05) is 29.4 Å². The Bertz CT molecular complexity index is 498. The van der Waals surface area contributed by atoms with Crippen LogP contribution >= 0.6 is 0 Å². The molecule has 0 amide bonds. The largest absolute Gasteiger partial charge is 0.496 e. The number of pyridine rings is 1. The summed E-state index contributed by atoms with van der Waals surface area (Å²) in [6.45, 7) is 8.49. The van der Waals surface area contributed by atoms with E-state index in [4.69, 9.17) is 4.74 Å². The van der Waals surface area contributed by atoms with Crippen LogP contribution in [0, 0.1) is 25.7 Å². The molecule has 0 bridgehead atoms. The van der Waals surface area contributed by atoms with Crippen LogP contribution in [0.15, 0.2) is 6.20 Å². The van der Waals surface area contributed by atoms with Crippen LogP contribution in [-0.2, 0) is 6.42 Å². The Morgan fingerprint density at radius 3 is 2.71 bits per heavy atom. The van der Waals surface area contributed by atoms with Crippen LogP contribution in [0.4, 0.5) is 0 Å². The lowest BCUT2D eigenvalue weighted by Gasteiger charge is -2.42. The van der Waals surface area contributed by atoms with E-state index in [1.807, 2.05) is 20.0 Å². The summed E-state index contributed by atoms with van der Waals surface area (Å²) in [4.78, 5) is 4.58. The Morgan fingerprint density at radius 2 is 2.10 bits per heavy atom. The van der Waals surface area contributed by atoms with Crippen LogP contribution in [0.2, 0.25) is 0 Å². The van der Waals surface area contributed by atoms with Crippen molar-refractivity contribution in [3.05, 3.63) is 23.0 Å². The van der Waals surface area contributed by atoms with Gasteiger partial charge in [0.15, 0.2) is 0 Å². The molecule has 2 unspecified atom stereocenters. The number of hydrogen-bond donors (Lipinski definition) is 1. The summed E-state index contributed by atoms with van der Waals surface area (Å²) >= 11 is 0. The van der Waals surface area contributed by atoms with Crippen molar-refractivity contribution in [3.63, 3.8) is 0 Å². The van der Waals surface area contributed by atoms with Crippen LogP contribution in [0.25, 0.3) is 0 Å². The molecule has 2 rings (SSSR count). The molecule has 1 aromatic rings. The molecule has 0 radical (unpaired) electrons. The molecule has 1 aliphatic carbocycles. The van der Waals surface area contributed by atoms with Crippen LogP contribution in [0.1, 0.15) is 56.4 Å². The molecule has 1 N–H and O–H groups in total. The van der Waals surface area contributed by atoms with Gasteiger partial charge in [0.05, 0.1) is 12.7 Å². The highest BCUT2D eigenvalue weighted by atomic mass is 16.5. The van der Waals surface area contributed by atoms with Crippen LogP contribution < -0.4 is 4.74 Å². The molecule has 118 valence electrons. The number of aromatic nitrogens is 1. The molecule has 1 heterocycles. The van der Waals surface area contributed by atoms with E-state index in [1.54, 1.807) is 7.11 Å². The molecule has 3 nitrogen and oxygen atoms in total. The van der Waals surface area contributed by atoms with E-state index in [0.717, 1.165) is 41.8 Å². The monoisotopic (exact) mass is 291 g/mol. The third kappa shape index (κ3) is 3.23. The minimum Gasteiger partial charge on any atom is -0.496 e. The Morgan fingerprint density at radius 1 is 1.38 bits per heavy atom. The van der Waals surface area contributed by atoms with Crippen molar-refractivity contribution in [2.75, 3.05) is 7.11 Å². The second-order valence-corrected chi connectivity index (χ2v) is 6.92. The predicted molar refractivity (Wildman–Crippen MR) is 85.7 cm³/mol. The Balaban J connectivity index is 2.31. The minimum atomic E-state index is -0.621. The van der Waals surface area contributed by atoms with Gasteiger partial charge < -0.3 is 9.84 Å². The Kier molecular flexibility index (Phi) is 4.92. The minimum absolute atomic E-state index is 0.361. The number of nitrogens with zero attached hydrogens (tertiary/aromatic N) is 1. The fraction of sp³-hybridized carbons (Fsp3) is 0.722. The number of rotatable bonds is 4. The highest BCUT2D eigenvalue weighted by Crippen LogP contribution is 2.41. The standard InChI is InChI=1S/C18H29NO2/c1-12(2)15-8-6-7-9-18(15,20)10-16-14(4)17(21-5)13(3)11-19-16/h11-12,15,20H,6-10H2,1-5H3. The van der Waals surface area contributed by atoms with Crippen molar-refractivity contribution < 1.29 is 9.84 Å². The van der Waals surface area contributed by atoms with Crippen LogP contribution in [0.3, 0.4) is 0 Å². The van der Waals surface area contributed by atoms with Gasteiger partial charge in [-0.3, -0.25) is 4.98 Å². The summed E-state index contributed by atoms with van der Waals surface area (Å²) in [6, 6.07) is 0.